The van der Waals surface area contributed by atoms with Gasteiger partial charge in [0.25, 0.3) is 0 Å². The van der Waals surface area contributed by atoms with E-state index in [-0.39, 0.29) is 5.91 Å². The lowest BCUT2D eigenvalue weighted by Crippen LogP contribution is -2.53. The van der Waals surface area contributed by atoms with Gasteiger partial charge < -0.3 is 4.90 Å². The predicted molar refractivity (Wildman–Crippen MR) is 111 cm³/mol. The van der Waals surface area contributed by atoms with Gasteiger partial charge in [0.2, 0.25) is 15.9 Å². The van der Waals surface area contributed by atoms with Crippen molar-refractivity contribution < 1.29 is 13.2 Å². The highest BCUT2D eigenvalue weighted by atomic mass is 32.2. The number of amides is 1. The van der Waals surface area contributed by atoms with Crippen LogP contribution in [0.3, 0.4) is 0 Å². The van der Waals surface area contributed by atoms with Crippen molar-refractivity contribution in [3.8, 4) is 0 Å². The number of benzene rings is 1. The van der Waals surface area contributed by atoms with E-state index in [0.717, 1.165) is 36.2 Å². The maximum absolute atomic E-state index is 13.2. The number of hydrogen-bond acceptors (Lipinski definition) is 4. The van der Waals surface area contributed by atoms with E-state index >= 15 is 0 Å². The number of piperidine rings is 1. The molecule has 0 N–H and O–H groups in total. The van der Waals surface area contributed by atoms with Gasteiger partial charge in [-0.1, -0.05) is 24.6 Å². The molecular weight excluding hydrogens is 374 g/mol. The molecule has 0 bridgehead atoms. The Morgan fingerprint density at radius 3 is 2.21 bits per heavy atom. The van der Waals surface area contributed by atoms with Gasteiger partial charge in [0.1, 0.15) is 0 Å². The van der Waals surface area contributed by atoms with E-state index in [1.165, 1.54) is 10.7 Å². The molecule has 2 aliphatic rings. The second-order valence-corrected chi connectivity index (χ2v) is 10.4. The lowest BCUT2D eigenvalue weighted by atomic mass is 10.0. The van der Waals surface area contributed by atoms with Crippen LogP contribution in [0.25, 0.3) is 0 Å². The minimum atomic E-state index is -3.54. The Kier molecular flexibility index (Phi) is 6.47. The number of hydrogen-bond donors (Lipinski definition) is 0. The molecule has 0 saturated carbocycles. The van der Waals surface area contributed by atoms with Crippen molar-refractivity contribution in [1.29, 1.82) is 0 Å². The van der Waals surface area contributed by atoms with Gasteiger partial charge in [0.05, 0.1) is 11.4 Å². The third-order valence-electron chi connectivity index (χ3n) is 5.89. The molecule has 2 heterocycles. The van der Waals surface area contributed by atoms with Gasteiger partial charge in [-0.2, -0.15) is 4.31 Å². The summed E-state index contributed by atoms with van der Waals surface area (Å²) < 4.78 is 27.9. The average Bonchev–Trinajstić information content (AvgIpc) is 2.60. The molecule has 2 aliphatic heterocycles. The third-order valence-corrected chi connectivity index (χ3v) is 8.10. The first-order valence-electron chi connectivity index (χ1n) is 10.3. The summed E-state index contributed by atoms with van der Waals surface area (Å²) in [7, 11) is -3.54. The van der Waals surface area contributed by atoms with Gasteiger partial charge in [-0.25, -0.2) is 8.42 Å². The van der Waals surface area contributed by atoms with E-state index in [1.54, 1.807) is 0 Å². The first-order chi connectivity index (χ1) is 13.2. The number of piperazine rings is 1. The summed E-state index contributed by atoms with van der Waals surface area (Å²) in [5, 5.41) is 0. The smallest absolute Gasteiger partial charge is 0.243 e. The van der Waals surface area contributed by atoms with Crippen LogP contribution in [0.4, 0.5) is 0 Å². The Hall–Kier alpha value is -1.44. The van der Waals surface area contributed by atoms with Crippen LogP contribution in [0, 0.1) is 26.7 Å². The maximum Gasteiger partial charge on any atom is 0.243 e. The molecular formula is C21H33N3O3S. The molecule has 28 heavy (non-hydrogen) atoms. The van der Waals surface area contributed by atoms with Gasteiger partial charge in [-0.3, -0.25) is 9.69 Å². The second-order valence-electron chi connectivity index (χ2n) is 8.50. The molecule has 1 amide bonds. The predicted octanol–water partition coefficient (Wildman–Crippen LogP) is 2.18. The van der Waals surface area contributed by atoms with E-state index in [2.05, 4.69) is 11.8 Å². The van der Waals surface area contributed by atoms with Gasteiger partial charge in [-0.05, 0) is 57.2 Å². The number of sulfonamides is 1. The Morgan fingerprint density at radius 1 is 1.04 bits per heavy atom. The Labute approximate surface area is 169 Å². The fourth-order valence-electron chi connectivity index (χ4n) is 4.60. The highest BCUT2D eigenvalue weighted by molar-refractivity contribution is 7.89. The number of carbonyl (C=O) groups is 1. The summed E-state index contributed by atoms with van der Waals surface area (Å²) in [5.41, 5.74) is 2.64. The monoisotopic (exact) mass is 407 g/mol. The fraction of sp³-hybridized carbons (Fsp3) is 0.667. The van der Waals surface area contributed by atoms with Gasteiger partial charge >= 0.3 is 0 Å². The Bertz CT molecular complexity index is 806. The first kappa shape index (κ1) is 21.3. The van der Waals surface area contributed by atoms with Crippen molar-refractivity contribution in [3.63, 3.8) is 0 Å². The SMILES string of the molecule is Cc1cc(C)c(S(=O)(=O)N2CCN(C(=O)CN3CCC[C@H](C)C3)CC2)c(C)c1. The molecule has 2 fully saturated rings. The van der Waals surface area contributed by atoms with E-state index < -0.39 is 10.0 Å². The molecule has 1 aromatic carbocycles. The lowest BCUT2D eigenvalue weighted by molar-refractivity contribution is -0.134. The molecule has 0 aromatic heterocycles. The third kappa shape index (κ3) is 4.58. The number of aryl methyl sites for hydroxylation is 3. The molecule has 6 nitrogen and oxygen atoms in total. The quantitative estimate of drug-likeness (QED) is 0.768. The molecule has 2 saturated heterocycles. The van der Waals surface area contributed by atoms with Gasteiger partial charge in [-0.15, -0.1) is 0 Å². The summed E-state index contributed by atoms with van der Waals surface area (Å²) >= 11 is 0. The van der Waals surface area contributed by atoms with E-state index in [0.29, 0.717) is 43.5 Å². The van der Waals surface area contributed by atoms with Crippen molar-refractivity contribution in [3.05, 3.63) is 28.8 Å². The van der Waals surface area contributed by atoms with Crippen LogP contribution in [0.2, 0.25) is 0 Å². The minimum absolute atomic E-state index is 0.119. The zero-order valence-electron chi connectivity index (χ0n) is 17.6. The summed E-state index contributed by atoms with van der Waals surface area (Å²) in [4.78, 5) is 17.1. The number of nitrogens with zero attached hydrogens (tertiary/aromatic N) is 3. The van der Waals surface area contributed by atoms with Crippen LogP contribution in [-0.2, 0) is 14.8 Å². The lowest BCUT2D eigenvalue weighted by Gasteiger charge is -2.36. The number of carbonyl (C=O) groups excluding carboxylic acids is 1. The zero-order chi connectivity index (χ0) is 20.5. The molecule has 7 heteroatoms. The van der Waals surface area contributed by atoms with Crippen LogP contribution in [0.15, 0.2) is 17.0 Å². The first-order valence-corrected chi connectivity index (χ1v) is 11.7. The summed E-state index contributed by atoms with van der Waals surface area (Å²) in [6.07, 6.45) is 2.38. The van der Waals surface area contributed by atoms with E-state index in [4.69, 9.17) is 0 Å². The van der Waals surface area contributed by atoms with Crippen LogP contribution in [0.1, 0.15) is 36.5 Å². The number of rotatable bonds is 4. The van der Waals surface area contributed by atoms with Crippen molar-refractivity contribution in [2.75, 3.05) is 45.8 Å². The van der Waals surface area contributed by atoms with Crippen molar-refractivity contribution in [2.24, 2.45) is 5.92 Å². The van der Waals surface area contributed by atoms with Crippen LogP contribution < -0.4 is 0 Å². The van der Waals surface area contributed by atoms with E-state index in [9.17, 15) is 13.2 Å². The summed E-state index contributed by atoms with van der Waals surface area (Å²) in [6.45, 7) is 12.0. The van der Waals surface area contributed by atoms with Crippen molar-refractivity contribution in [2.45, 2.75) is 45.4 Å². The normalized spacial score (nSPS) is 22.4. The average molecular weight is 408 g/mol. The summed E-state index contributed by atoms with van der Waals surface area (Å²) in [6, 6.07) is 3.83. The van der Waals surface area contributed by atoms with E-state index in [1.807, 2.05) is 37.8 Å². The summed E-state index contributed by atoms with van der Waals surface area (Å²) in [5.74, 6) is 0.762. The van der Waals surface area contributed by atoms with Gasteiger partial charge in [0, 0.05) is 32.7 Å². The van der Waals surface area contributed by atoms with Crippen LogP contribution >= 0.6 is 0 Å². The molecule has 0 spiro atoms. The molecule has 3 rings (SSSR count). The molecule has 0 aliphatic carbocycles. The van der Waals surface area contributed by atoms with Crippen molar-refractivity contribution >= 4 is 15.9 Å². The van der Waals surface area contributed by atoms with Crippen LogP contribution in [-0.4, -0.2) is 74.2 Å². The molecule has 0 radical (unpaired) electrons. The molecule has 156 valence electrons. The molecule has 1 atom stereocenters. The fourth-order valence-corrected chi connectivity index (χ4v) is 6.44. The zero-order valence-corrected chi connectivity index (χ0v) is 18.4. The largest absolute Gasteiger partial charge is 0.339 e. The van der Waals surface area contributed by atoms with Crippen LogP contribution in [0.5, 0.6) is 0 Å². The highest BCUT2D eigenvalue weighted by Gasteiger charge is 2.32. The molecule has 1 aromatic rings. The standard InChI is InChI=1S/C21H33N3O3S/c1-16-6-5-7-22(14-16)15-20(25)23-8-10-24(11-9-23)28(26,27)21-18(3)12-17(2)13-19(21)4/h12-13,16H,5-11,14-15H2,1-4H3/t16-/m0/s1. The second kappa shape index (κ2) is 8.51. The maximum atomic E-state index is 13.2. The Balaban J connectivity index is 1.62. The highest BCUT2D eigenvalue weighted by Crippen LogP contribution is 2.26. The topological polar surface area (TPSA) is 60.9 Å². The Morgan fingerprint density at radius 2 is 1.64 bits per heavy atom. The van der Waals surface area contributed by atoms with Gasteiger partial charge in [0.15, 0.2) is 0 Å². The molecule has 0 unspecified atom stereocenters. The minimum Gasteiger partial charge on any atom is -0.339 e. The number of likely N-dealkylation sites (tertiary alicyclic amines) is 1. The van der Waals surface area contributed by atoms with Crippen molar-refractivity contribution in [1.82, 2.24) is 14.1 Å².